The molecule has 0 heterocycles. The van der Waals surface area contributed by atoms with E-state index in [2.05, 4.69) is 0 Å². The van der Waals surface area contributed by atoms with Crippen LogP contribution in [-0.4, -0.2) is 39.5 Å². The van der Waals surface area contributed by atoms with Crippen LogP contribution in [0.15, 0.2) is 0 Å². The molecule has 0 aromatic heterocycles. The molecule has 0 aromatic carbocycles. The van der Waals surface area contributed by atoms with Crippen molar-refractivity contribution >= 4 is 5.97 Å². The minimum absolute atomic E-state index is 0. The zero-order valence-corrected chi connectivity index (χ0v) is 7.83. The number of rotatable bonds is 6. The van der Waals surface area contributed by atoms with E-state index in [0.29, 0.717) is 13.0 Å². The number of hydrogen-bond acceptors (Lipinski definition) is 4. The van der Waals surface area contributed by atoms with Crippen molar-refractivity contribution in [3.8, 4) is 0 Å². The normalized spacial score (nSPS) is 11.6. The molecule has 13 heavy (non-hydrogen) atoms. The Balaban J connectivity index is 0. The van der Waals surface area contributed by atoms with Gasteiger partial charge in [-0.05, 0) is 0 Å². The molecule has 1 atom stereocenters. The summed E-state index contributed by atoms with van der Waals surface area (Å²) in [5.74, 6) is -0.215. The Hall–Kier alpha value is -0.610. The summed E-state index contributed by atoms with van der Waals surface area (Å²) in [7, 11) is 3.14. The molecule has 0 radical (unpaired) electrons. The lowest BCUT2D eigenvalue weighted by molar-refractivity contribution is -0.148. The van der Waals surface area contributed by atoms with E-state index in [-0.39, 0.29) is 26.1 Å². The SMILES string of the molecule is C.CCC(=O)OCC(COC)OC. The standard InChI is InChI=1S/C8H16O4.CH4/c1-4-8(9)12-6-7(11-3)5-10-2;/h7H,4-6H2,1-3H3;1H4. The van der Waals surface area contributed by atoms with Crippen LogP contribution in [0, 0.1) is 0 Å². The smallest absolute Gasteiger partial charge is 0.305 e. The third kappa shape index (κ3) is 7.74. The highest BCUT2D eigenvalue weighted by atomic mass is 16.6. The van der Waals surface area contributed by atoms with Gasteiger partial charge in [-0.15, -0.1) is 0 Å². The lowest BCUT2D eigenvalue weighted by Crippen LogP contribution is -2.25. The maximum atomic E-state index is 10.7. The Morgan fingerprint density at radius 2 is 1.92 bits per heavy atom. The summed E-state index contributed by atoms with van der Waals surface area (Å²) < 4.78 is 14.7. The van der Waals surface area contributed by atoms with Crippen molar-refractivity contribution in [3.63, 3.8) is 0 Å². The van der Waals surface area contributed by atoms with E-state index in [4.69, 9.17) is 14.2 Å². The number of esters is 1. The lowest BCUT2D eigenvalue weighted by atomic mass is 10.4. The molecule has 0 rings (SSSR count). The van der Waals surface area contributed by atoms with Gasteiger partial charge in [0.25, 0.3) is 0 Å². The summed E-state index contributed by atoms with van der Waals surface area (Å²) in [5, 5.41) is 0. The number of hydrogen-bond donors (Lipinski definition) is 0. The van der Waals surface area contributed by atoms with Crippen molar-refractivity contribution < 1.29 is 19.0 Å². The molecule has 1 unspecified atom stereocenters. The maximum absolute atomic E-state index is 10.7. The minimum Gasteiger partial charge on any atom is -0.463 e. The van der Waals surface area contributed by atoms with E-state index in [1.54, 1.807) is 21.1 Å². The first-order valence-electron chi connectivity index (χ1n) is 3.91. The van der Waals surface area contributed by atoms with Crippen LogP contribution in [0.4, 0.5) is 0 Å². The zero-order valence-electron chi connectivity index (χ0n) is 7.83. The Bertz CT molecular complexity index is 125. The average Bonchev–Trinajstić information content (AvgIpc) is 2.11. The van der Waals surface area contributed by atoms with E-state index < -0.39 is 0 Å². The first-order chi connectivity index (χ1) is 5.74. The van der Waals surface area contributed by atoms with Crippen molar-refractivity contribution in [3.05, 3.63) is 0 Å². The third-order valence-corrected chi connectivity index (χ3v) is 1.40. The second-order valence-electron chi connectivity index (χ2n) is 2.35. The molecule has 0 saturated heterocycles. The molecule has 0 aliphatic carbocycles. The zero-order chi connectivity index (χ0) is 9.40. The largest absolute Gasteiger partial charge is 0.463 e. The molecule has 80 valence electrons. The molecule has 0 amide bonds. The van der Waals surface area contributed by atoms with Crippen LogP contribution in [0.3, 0.4) is 0 Å². The molecule has 0 N–H and O–H groups in total. The second-order valence-corrected chi connectivity index (χ2v) is 2.35. The highest BCUT2D eigenvalue weighted by Crippen LogP contribution is 1.94. The molecule has 0 fully saturated rings. The average molecular weight is 192 g/mol. The highest BCUT2D eigenvalue weighted by molar-refractivity contribution is 5.68. The van der Waals surface area contributed by atoms with Gasteiger partial charge in [0, 0.05) is 20.6 Å². The van der Waals surface area contributed by atoms with Gasteiger partial charge in [0.1, 0.15) is 12.7 Å². The molecule has 0 saturated carbocycles. The Labute approximate surface area is 80.2 Å². The topological polar surface area (TPSA) is 44.8 Å². The van der Waals surface area contributed by atoms with Gasteiger partial charge < -0.3 is 14.2 Å². The fraction of sp³-hybridized carbons (Fsp3) is 0.889. The molecule has 4 heteroatoms. The van der Waals surface area contributed by atoms with Crippen molar-refractivity contribution in [2.45, 2.75) is 26.9 Å². The monoisotopic (exact) mass is 192 g/mol. The second kappa shape index (κ2) is 9.48. The van der Waals surface area contributed by atoms with Crippen LogP contribution in [0.2, 0.25) is 0 Å². The van der Waals surface area contributed by atoms with Crippen LogP contribution in [0.5, 0.6) is 0 Å². The van der Waals surface area contributed by atoms with E-state index >= 15 is 0 Å². The molecule has 0 spiro atoms. The van der Waals surface area contributed by atoms with E-state index in [9.17, 15) is 4.79 Å². The number of carbonyl (C=O) groups excluding carboxylic acids is 1. The number of ether oxygens (including phenoxy) is 3. The van der Waals surface area contributed by atoms with Gasteiger partial charge >= 0.3 is 5.97 Å². The molecule has 0 aliphatic heterocycles. The maximum Gasteiger partial charge on any atom is 0.305 e. The van der Waals surface area contributed by atoms with Crippen LogP contribution in [0.1, 0.15) is 20.8 Å². The van der Waals surface area contributed by atoms with E-state index in [1.165, 1.54) is 0 Å². The molecular weight excluding hydrogens is 172 g/mol. The summed E-state index contributed by atoms with van der Waals surface area (Å²) in [4.78, 5) is 10.7. The summed E-state index contributed by atoms with van der Waals surface area (Å²) in [6.07, 6.45) is 0.231. The Kier molecular flexibility index (Phi) is 10.9. The molecule has 4 nitrogen and oxygen atoms in total. The Morgan fingerprint density at radius 1 is 1.31 bits per heavy atom. The number of methoxy groups -OCH3 is 2. The predicted octanol–water partition coefficient (Wildman–Crippen LogP) is 1.24. The highest BCUT2D eigenvalue weighted by Gasteiger charge is 2.08. The van der Waals surface area contributed by atoms with E-state index in [0.717, 1.165) is 0 Å². The van der Waals surface area contributed by atoms with Crippen molar-refractivity contribution in [1.82, 2.24) is 0 Å². The summed E-state index contributed by atoms with van der Waals surface area (Å²) in [6, 6.07) is 0. The third-order valence-electron chi connectivity index (χ3n) is 1.40. The van der Waals surface area contributed by atoms with Gasteiger partial charge in [0.2, 0.25) is 0 Å². The van der Waals surface area contributed by atoms with Crippen LogP contribution >= 0.6 is 0 Å². The van der Waals surface area contributed by atoms with Gasteiger partial charge in [-0.25, -0.2) is 0 Å². The number of carbonyl (C=O) groups is 1. The minimum atomic E-state index is -0.215. The van der Waals surface area contributed by atoms with Crippen LogP contribution in [0.25, 0.3) is 0 Å². The van der Waals surface area contributed by atoms with Gasteiger partial charge in [-0.1, -0.05) is 14.4 Å². The predicted molar refractivity (Wildman–Crippen MR) is 50.7 cm³/mol. The van der Waals surface area contributed by atoms with E-state index in [1.807, 2.05) is 0 Å². The van der Waals surface area contributed by atoms with Gasteiger partial charge in [0.15, 0.2) is 0 Å². The Morgan fingerprint density at radius 3 is 2.31 bits per heavy atom. The molecule has 0 aromatic rings. The van der Waals surface area contributed by atoms with Gasteiger partial charge in [-0.2, -0.15) is 0 Å². The van der Waals surface area contributed by atoms with Crippen molar-refractivity contribution in [2.24, 2.45) is 0 Å². The van der Waals surface area contributed by atoms with Crippen LogP contribution < -0.4 is 0 Å². The first-order valence-corrected chi connectivity index (χ1v) is 3.91. The van der Waals surface area contributed by atoms with Crippen molar-refractivity contribution in [1.29, 1.82) is 0 Å². The van der Waals surface area contributed by atoms with Gasteiger partial charge in [0.05, 0.1) is 6.61 Å². The molecule has 0 aliphatic rings. The summed E-state index contributed by atoms with van der Waals surface area (Å²) >= 11 is 0. The van der Waals surface area contributed by atoms with Crippen molar-refractivity contribution in [2.75, 3.05) is 27.4 Å². The summed E-state index contributed by atoms with van der Waals surface area (Å²) in [6.45, 7) is 2.45. The first kappa shape index (κ1) is 14.9. The van der Waals surface area contributed by atoms with Crippen LogP contribution in [-0.2, 0) is 19.0 Å². The van der Waals surface area contributed by atoms with Gasteiger partial charge in [-0.3, -0.25) is 4.79 Å². The quantitative estimate of drug-likeness (QED) is 0.594. The lowest BCUT2D eigenvalue weighted by Gasteiger charge is -2.13. The summed E-state index contributed by atoms with van der Waals surface area (Å²) in [5.41, 5.74) is 0. The molecule has 0 bridgehead atoms. The fourth-order valence-corrected chi connectivity index (χ4v) is 0.658. The molecular formula is C9H20O4. The fourth-order valence-electron chi connectivity index (χ4n) is 0.658.